The van der Waals surface area contributed by atoms with E-state index in [0.717, 1.165) is 4.68 Å². The van der Waals surface area contributed by atoms with E-state index >= 15 is 0 Å². The van der Waals surface area contributed by atoms with Gasteiger partial charge in [0.1, 0.15) is 16.6 Å². The third-order valence-corrected chi connectivity index (χ3v) is 3.29. The molecule has 1 aromatic carbocycles. The van der Waals surface area contributed by atoms with Gasteiger partial charge in [0, 0.05) is 5.56 Å². The minimum atomic E-state index is -4.62. The highest BCUT2D eigenvalue weighted by Crippen LogP contribution is 2.37. The van der Waals surface area contributed by atoms with Crippen LogP contribution in [0.25, 0.3) is 5.69 Å². The molecule has 20 heavy (non-hydrogen) atoms. The number of ether oxygens (including phenoxy) is 1. The Morgan fingerprint density at radius 1 is 1.30 bits per heavy atom. The monoisotopic (exact) mass is 324 g/mol. The number of para-hydroxylation sites is 2. The molecule has 2 rings (SSSR count). The zero-order valence-electron chi connectivity index (χ0n) is 10.2. The number of alkyl halides is 4. The zero-order valence-corrected chi connectivity index (χ0v) is 11.7. The van der Waals surface area contributed by atoms with E-state index in [1.54, 1.807) is 24.3 Å². The van der Waals surface area contributed by atoms with E-state index in [4.69, 9.17) is 27.9 Å². The quantitative estimate of drug-likeness (QED) is 0.787. The maximum atomic E-state index is 12.9. The number of rotatable bonds is 3. The van der Waals surface area contributed by atoms with Gasteiger partial charge in [-0.3, -0.25) is 0 Å². The fourth-order valence-corrected chi connectivity index (χ4v) is 2.35. The summed E-state index contributed by atoms with van der Waals surface area (Å²) in [6.45, 7) is 0. The van der Waals surface area contributed by atoms with Crippen LogP contribution in [0.2, 0.25) is 5.15 Å². The van der Waals surface area contributed by atoms with E-state index in [0.29, 0.717) is 11.4 Å². The zero-order chi connectivity index (χ0) is 14.9. The normalized spacial score (nSPS) is 11.7. The Morgan fingerprint density at radius 3 is 2.45 bits per heavy atom. The van der Waals surface area contributed by atoms with Gasteiger partial charge < -0.3 is 4.74 Å². The van der Waals surface area contributed by atoms with Gasteiger partial charge in [-0.1, -0.05) is 23.7 Å². The number of nitrogens with zero attached hydrogens (tertiary/aromatic N) is 2. The first kappa shape index (κ1) is 15.0. The molecule has 1 heterocycles. The van der Waals surface area contributed by atoms with Crippen molar-refractivity contribution in [2.45, 2.75) is 12.1 Å². The first-order valence-corrected chi connectivity index (χ1v) is 6.35. The van der Waals surface area contributed by atoms with Crippen LogP contribution in [0.4, 0.5) is 13.2 Å². The lowest BCUT2D eigenvalue weighted by molar-refractivity contribution is -0.141. The number of methoxy groups -OCH3 is 1. The molecule has 0 saturated heterocycles. The van der Waals surface area contributed by atoms with Crippen LogP contribution in [0, 0.1) is 0 Å². The van der Waals surface area contributed by atoms with Crippen molar-refractivity contribution in [2.75, 3.05) is 7.11 Å². The molecular formula is C12H9Cl2F3N2O. The average Bonchev–Trinajstić information content (AvgIpc) is 2.75. The van der Waals surface area contributed by atoms with Crippen LogP contribution in [0.3, 0.4) is 0 Å². The molecule has 108 valence electrons. The van der Waals surface area contributed by atoms with Crippen molar-refractivity contribution in [1.82, 2.24) is 9.78 Å². The summed E-state index contributed by atoms with van der Waals surface area (Å²) in [5, 5.41) is 3.34. The van der Waals surface area contributed by atoms with Crippen LogP contribution < -0.4 is 4.74 Å². The summed E-state index contributed by atoms with van der Waals surface area (Å²) in [6, 6.07) is 6.48. The number of aromatic nitrogens is 2. The van der Waals surface area contributed by atoms with Gasteiger partial charge >= 0.3 is 6.18 Å². The molecule has 0 aliphatic rings. The molecule has 0 aliphatic heterocycles. The van der Waals surface area contributed by atoms with E-state index < -0.39 is 11.9 Å². The second kappa shape index (κ2) is 5.54. The minimum Gasteiger partial charge on any atom is -0.494 e. The lowest BCUT2D eigenvalue weighted by Gasteiger charge is -2.08. The summed E-state index contributed by atoms with van der Waals surface area (Å²) in [4.78, 5) is 0. The molecule has 0 spiro atoms. The van der Waals surface area contributed by atoms with Crippen LogP contribution in [0.1, 0.15) is 11.3 Å². The molecule has 0 unspecified atom stereocenters. The largest absolute Gasteiger partial charge is 0.494 e. The van der Waals surface area contributed by atoms with Crippen LogP contribution in [-0.4, -0.2) is 16.9 Å². The Bertz CT molecular complexity index is 626. The van der Waals surface area contributed by atoms with Gasteiger partial charge in [-0.2, -0.15) is 18.3 Å². The van der Waals surface area contributed by atoms with Crippen molar-refractivity contribution in [2.24, 2.45) is 0 Å². The van der Waals surface area contributed by atoms with Gasteiger partial charge in [0.15, 0.2) is 5.69 Å². The molecule has 0 aliphatic carbocycles. The lowest BCUT2D eigenvalue weighted by atomic mass is 10.2. The van der Waals surface area contributed by atoms with E-state index in [9.17, 15) is 13.2 Å². The number of hydrogen-bond acceptors (Lipinski definition) is 2. The predicted molar refractivity (Wildman–Crippen MR) is 69.7 cm³/mol. The predicted octanol–water partition coefficient (Wildman–Crippen LogP) is 4.29. The fourth-order valence-electron chi connectivity index (χ4n) is 1.74. The molecule has 0 saturated carbocycles. The molecule has 0 radical (unpaired) electrons. The highest BCUT2D eigenvalue weighted by molar-refractivity contribution is 6.31. The molecule has 0 atom stereocenters. The van der Waals surface area contributed by atoms with Crippen molar-refractivity contribution in [3.05, 3.63) is 40.7 Å². The van der Waals surface area contributed by atoms with E-state index in [1.807, 2.05) is 0 Å². The van der Waals surface area contributed by atoms with Gasteiger partial charge in [0.2, 0.25) is 0 Å². The fraction of sp³-hybridized carbons (Fsp3) is 0.250. The third-order valence-electron chi connectivity index (χ3n) is 2.64. The van der Waals surface area contributed by atoms with Crippen LogP contribution >= 0.6 is 23.2 Å². The Hall–Kier alpha value is -1.40. The molecular weight excluding hydrogens is 316 g/mol. The van der Waals surface area contributed by atoms with Crippen LogP contribution in [-0.2, 0) is 12.1 Å². The van der Waals surface area contributed by atoms with Crippen molar-refractivity contribution < 1.29 is 17.9 Å². The number of halogens is 5. The van der Waals surface area contributed by atoms with E-state index in [-0.39, 0.29) is 16.6 Å². The molecule has 8 heteroatoms. The van der Waals surface area contributed by atoms with Gasteiger partial charge in [-0.25, -0.2) is 4.68 Å². The summed E-state index contributed by atoms with van der Waals surface area (Å²) in [5.74, 6) is -0.0326. The second-order valence-corrected chi connectivity index (χ2v) is 4.46. The summed E-state index contributed by atoms with van der Waals surface area (Å²) >= 11 is 11.5. The summed E-state index contributed by atoms with van der Waals surface area (Å²) in [5.41, 5.74) is -1.04. The molecule has 0 bridgehead atoms. The highest BCUT2D eigenvalue weighted by atomic mass is 35.5. The highest BCUT2D eigenvalue weighted by Gasteiger charge is 2.39. The summed E-state index contributed by atoms with van der Waals surface area (Å²) < 4.78 is 44.8. The lowest BCUT2D eigenvalue weighted by Crippen LogP contribution is -2.09. The molecule has 1 aromatic heterocycles. The van der Waals surface area contributed by atoms with Crippen molar-refractivity contribution in [1.29, 1.82) is 0 Å². The maximum Gasteiger partial charge on any atom is 0.435 e. The van der Waals surface area contributed by atoms with E-state index in [2.05, 4.69) is 5.10 Å². The standard InChI is InChI=1S/C12H9Cl2F3N2O/c1-20-9-5-3-2-4-8(9)19-11(14)7(6-13)10(18-19)12(15,16)17/h2-5H,6H2,1H3. The van der Waals surface area contributed by atoms with Gasteiger partial charge in [0.25, 0.3) is 0 Å². The maximum absolute atomic E-state index is 12.9. The first-order chi connectivity index (χ1) is 9.40. The third kappa shape index (κ3) is 2.58. The molecule has 0 amide bonds. The summed E-state index contributed by atoms with van der Waals surface area (Å²) in [7, 11) is 1.41. The Labute approximate surface area is 122 Å². The smallest absolute Gasteiger partial charge is 0.435 e. The SMILES string of the molecule is COc1ccccc1-n1nc(C(F)(F)F)c(CCl)c1Cl. The number of hydrogen-bond donors (Lipinski definition) is 0. The molecule has 3 nitrogen and oxygen atoms in total. The molecule has 2 aromatic rings. The molecule has 0 fully saturated rings. The topological polar surface area (TPSA) is 27.1 Å². The minimum absolute atomic E-state index is 0.183. The van der Waals surface area contributed by atoms with Crippen molar-refractivity contribution >= 4 is 23.2 Å². The Kier molecular flexibility index (Phi) is 4.15. The van der Waals surface area contributed by atoms with Crippen molar-refractivity contribution in [3.63, 3.8) is 0 Å². The first-order valence-electron chi connectivity index (χ1n) is 5.44. The van der Waals surface area contributed by atoms with Crippen LogP contribution in [0.15, 0.2) is 24.3 Å². The van der Waals surface area contributed by atoms with E-state index in [1.165, 1.54) is 7.11 Å². The van der Waals surface area contributed by atoms with Crippen molar-refractivity contribution in [3.8, 4) is 11.4 Å². The number of benzene rings is 1. The second-order valence-electron chi connectivity index (χ2n) is 3.83. The molecule has 0 N–H and O–H groups in total. The Morgan fingerprint density at radius 2 is 1.95 bits per heavy atom. The van der Waals surface area contributed by atoms with Gasteiger partial charge in [-0.05, 0) is 12.1 Å². The average molecular weight is 325 g/mol. The van der Waals surface area contributed by atoms with Gasteiger partial charge in [0.05, 0.1) is 13.0 Å². The summed E-state index contributed by atoms with van der Waals surface area (Å²) in [6.07, 6.45) is -4.62. The Balaban J connectivity index is 2.67. The van der Waals surface area contributed by atoms with Crippen LogP contribution in [0.5, 0.6) is 5.75 Å². The van der Waals surface area contributed by atoms with Gasteiger partial charge in [-0.15, -0.1) is 11.6 Å².